The van der Waals surface area contributed by atoms with Crippen LogP contribution in [0.1, 0.15) is 12.0 Å². The average Bonchev–Trinajstić information content (AvgIpc) is 2.90. The van der Waals surface area contributed by atoms with Crippen molar-refractivity contribution in [2.75, 3.05) is 39.3 Å². The van der Waals surface area contributed by atoms with E-state index in [1.165, 1.54) is 0 Å². The number of hydrogen-bond donors (Lipinski definition) is 1. The van der Waals surface area contributed by atoms with E-state index in [-0.39, 0.29) is 13.6 Å². The Labute approximate surface area is 123 Å². The van der Waals surface area contributed by atoms with Crippen LogP contribution in [0.4, 0.5) is 0 Å². The lowest BCUT2D eigenvalue weighted by atomic mass is 9.92. The minimum Gasteiger partial charge on any atom is -0.467 e. The third kappa shape index (κ3) is 3.58. The second-order valence-electron chi connectivity index (χ2n) is 4.59. The molecule has 1 aromatic carbocycles. The predicted octanol–water partition coefficient (Wildman–Crippen LogP) is 1.98. The van der Waals surface area contributed by atoms with Crippen molar-refractivity contribution in [1.29, 1.82) is 0 Å². The molecule has 1 N–H and O–H groups in total. The topological polar surface area (TPSA) is 57.2 Å². The van der Waals surface area contributed by atoms with Gasteiger partial charge in [-0.3, -0.25) is 0 Å². The van der Waals surface area contributed by atoms with Gasteiger partial charge in [-0.2, -0.15) is 11.8 Å². The van der Waals surface area contributed by atoms with E-state index in [1.54, 1.807) is 32.0 Å². The number of ether oxygens (including phenoxy) is 4. The summed E-state index contributed by atoms with van der Waals surface area (Å²) in [7, 11) is 3.13. The molecule has 1 unspecified atom stereocenters. The second kappa shape index (κ2) is 7.17. The molecule has 0 saturated carbocycles. The van der Waals surface area contributed by atoms with Crippen molar-refractivity contribution < 1.29 is 24.1 Å². The lowest BCUT2D eigenvalue weighted by molar-refractivity contribution is 0.0339. The Morgan fingerprint density at radius 2 is 1.95 bits per heavy atom. The molecule has 112 valence electrons. The van der Waals surface area contributed by atoms with Gasteiger partial charge in [0.1, 0.15) is 17.1 Å². The van der Waals surface area contributed by atoms with Crippen molar-refractivity contribution in [3.8, 4) is 11.5 Å². The molecule has 2 rings (SSSR count). The zero-order valence-corrected chi connectivity index (χ0v) is 12.6. The first-order valence-electron chi connectivity index (χ1n) is 6.38. The molecule has 1 atom stereocenters. The largest absolute Gasteiger partial charge is 0.467 e. The Morgan fingerprint density at radius 1 is 1.20 bits per heavy atom. The van der Waals surface area contributed by atoms with Crippen LogP contribution in [-0.4, -0.2) is 44.4 Å². The first kappa shape index (κ1) is 15.4. The van der Waals surface area contributed by atoms with Gasteiger partial charge in [-0.05, 0) is 24.3 Å². The Hall–Kier alpha value is -0.950. The molecule has 0 radical (unpaired) electrons. The van der Waals surface area contributed by atoms with Gasteiger partial charge >= 0.3 is 0 Å². The third-order valence-electron chi connectivity index (χ3n) is 3.13. The van der Waals surface area contributed by atoms with E-state index in [2.05, 4.69) is 0 Å². The molecule has 0 bridgehead atoms. The van der Waals surface area contributed by atoms with Gasteiger partial charge in [0.05, 0.1) is 0 Å². The summed E-state index contributed by atoms with van der Waals surface area (Å²) < 4.78 is 20.8. The SMILES string of the molecule is COCOc1ccc(C2(O)CCSC2)c(OCOC)c1. The van der Waals surface area contributed by atoms with Crippen molar-refractivity contribution in [1.82, 2.24) is 0 Å². The summed E-state index contributed by atoms with van der Waals surface area (Å²) in [5.41, 5.74) is -0.0580. The predicted molar refractivity (Wildman–Crippen MR) is 77.3 cm³/mol. The van der Waals surface area contributed by atoms with Crippen LogP contribution in [0.5, 0.6) is 11.5 Å². The highest BCUT2D eigenvalue weighted by Gasteiger charge is 2.36. The lowest BCUT2D eigenvalue weighted by Gasteiger charge is -2.25. The van der Waals surface area contributed by atoms with E-state index in [0.29, 0.717) is 17.3 Å². The summed E-state index contributed by atoms with van der Waals surface area (Å²) in [6.07, 6.45) is 0.722. The Kier molecular flexibility index (Phi) is 5.54. The van der Waals surface area contributed by atoms with Gasteiger partial charge in [-0.25, -0.2) is 0 Å². The molecule has 1 heterocycles. The summed E-state index contributed by atoms with van der Waals surface area (Å²) in [5, 5.41) is 10.7. The van der Waals surface area contributed by atoms with Crippen LogP contribution in [0.25, 0.3) is 0 Å². The van der Waals surface area contributed by atoms with Gasteiger partial charge in [-0.1, -0.05) is 0 Å². The lowest BCUT2D eigenvalue weighted by Crippen LogP contribution is -2.26. The molecule has 1 saturated heterocycles. The van der Waals surface area contributed by atoms with Gasteiger partial charge < -0.3 is 24.1 Å². The molecule has 1 aliphatic rings. The van der Waals surface area contributed by atoms with E-state index >= 15 is 0 Å². The molecule has 0 aromatic heterocycles. The van der Waals surface area contributed by atoms with Crippen LogP contribution in [0, 0.1) is 0 Å². The first-order chi connectivity index (χ1) is 9.69. The number of rotatable bonds is 7. The standard InChI is InChI=1S/C14H20O5S/c1-16-9-18-11-3-4-12(13(7-11)19-10-17-2)14(15)5-6-20-8-14/h3-4,7,15H,5-6,8-10H2,1-2H3. The maximum Gasteiger partial charge on any atom is 0.188 e. The quantitative estimate of drug-likeness (QED) is 0.777. The van der Waals surface area contributed by atoms with Crippen LogP contribution in [0.15, 0.2) is 18.2 Å². The molecule has 0 spiro atoms. The fourth-order valence-corrected chi connectivity index (χ4v) is 3.38. The van der Waals surface area contributed by atoms with Crippen LogP contribution in [-0.2, 0) is 15.1 Å². The fourth-order valence-electron chi connectivity index (χ4n) is 2.11. The van der Waals surface area contributed by atoms with E-state index < -0.39 is 5.60 Å². The van der Waals surface area contributed by atoms with Gasteiger partial charge in [-0.15, -0.1) is 0 Å². The number of methoxy groups -OCH3 is 2. The molecule has 1 fully saturated rings. The third-order valence-corrected chi connectivity index (χ3v) is 4.31. The molecule has 1 aliphatic heterocycles. The van der Waals surface area contributed by atoms with Crippen molar-refractivity contribution in [3.05, 3.63) is 23.8 Å². The molecule has 0 amide bonds. The van der Waals surface area contributed by atoms with Crippen LogP contribution in [0.2, 0.25) is 0 Å². The summed E-state index contributed by atoms with van der Waals surface area (Å²) in [6, 6.07) is 5.42. The monoisotopic (exact) mass is 300 g/mol. The average molecular weight is 300 g/mol. The molecule has 6 heteroatoms. The van der Waals surface area contributed by atoms with Crippen LogP contribution >= 0.6 is 11.8 Å². The zero-order chi connectivity index (χ0) is 14.4. The van der Waals surface area contributed by atoms with Crippen LogP contribution < -0.4 is 9.47 Å². The summed E-state index contributed by atoms with van der Waals surface area (Å²) in [4.78, 5) is 0. The number of thioether (sulfide) groups is 1. The van der Waals surface area contributed by atoms with Gasteiger partial charge in [0, 0.05) is 31.6 Å². The Balaban J connectivity index is 2.24. The minimum absolute atomic E-state index is 0.129. The zero-order valence-electron chi connectivity index (χ0n) is 11.8. The van der Waals surface area contributed by atoms with Crippen molar-refractivity contribution in [2.45, 2.75) is 12.0 Å². The molecule has 20 heavy (non-hydrogen) atoms. The Morgan fingerprint density at radius 3 is 2.60 bits per heavy atom. The fraction of sp³-hybridized carbons (Fsp3) is 0.571. The smallest absolute Gasteiger partial charge is 0.188 e. The van der Waals surface area contributed by atoms with Crippen molar-refractivity contribution in [3.63, 3.8) is 0 Å². The first-order valence-corrected chi connectivity index (χ1v) is 7.53. The molecular formula is C14H20O5S. The van der Waals surface area contributed by atoms with E-state index in [4.69, 9.17) is 18.9 Å². The number of aliphatic hydroxyl groups is 1. The summed E-state index contributed by atoms with van der Waals surface area (Å²) >= 11 is 1.74. The minimum atomic E-state index is -0.840. The maximum atomic E-state index is 10.7. The van der Waals surface area contributed by atoms with E-state index in [1.807, 2.05) is 12.1 Å². The Bertz CT molecular complexity index is 432. The maximum absolute atomic E-state index is 10.7. The normalized spacial score (nSPS) is 21.9. The molecule has 0 aliphatic carbocycles. The van der Waals surface area contributed by atoms with E-state index in [9.17, 15) is 5.11 Å². The molecular weight excluding hydrogens is 280 g/mol. The van der Waals surface area contributed by atoms with Gasteiger partial charge in [0.2, 0.25) is 0 Å². The highest BCUT2D eigenvalue weighted by atomic mass is 32.2. The second-order valence-corrected chi connectivity index (χ2v) is 5.70. The number of benzene rings is 1. The molecule has 5 nitrogen and oxygen atoms in total. The van der Waals surface area contributed by atoms with Crippen LogP contribution in [0.3, 0.4) is 0 Å². The number of hydrogen-bond acceptors (Lipinski definition) is 6. The highest BCUT2D eigenvalue weighted by Crippen LogP contribution is 2.42. The van der Waals surface area contributed by atoms with Crippen molar-refractivity contribution in [2.24, 2.45) is 0 Å². The van der Waals surface area contributed by atoms with Crippen molar-refractivity contribution >= 4 is 11.8 Å². The summed E-state index contributed by atoms with van der Waals surface area (Å²) in [5.74, 6) is 2.85. The van der Waals surface area contributed by atoms with Gasteiger partial charge in [0.15, 0.2) is 13.6 Å². The van der Waals surface area contributed by atoms with Gasteiger partial charge in [0.25, 0.3) is 0 Å². The highest BCUT2D eigenvalue weighted by molar-refractivity contribution is 7.99. The van der Waals surface area contributed by atoms with E-state index in [0.717, 1.165) is 17.7 Å². The summed E-state index contributed by atoms with van der Waals surface area (Å²) in [6.45, 7) is 0.299. The molecule has 1 aromatic rings.